The van der Waals surface area contributed by atoms with Crippen molar-refractivity contribution in [1.29, 1.82) is 0 Å². The minimum atomic E-state index is -0.0340. The molecule has 2 fully saturated rings. The van der Waals surface area contributed by atoms with Crippen LogP contribution in [0.15, 0.2) is 0 Å². The van der Waals surface area contributed by atoms with Crippen molar-refractivity contribution in [1.82, 2.24) is 10.2 Å². The van der Waals surface area contributed by atoms with E-state index in [2.05, 4.69) is 24.1 Å². The first-order chi connectivity index (χ1) is 10.0. The standard InChI is InChI=1S/C17H31ClN2O/c1-12(2)16(19-3)17(21)20-10-8-14(9-11-20)13-4-6-15(18)7-5-13/h12-16,19H,4-11H2,1-3H3/t13?,15?,16-/m1/s1. The topological polar surface area (TPSA) is 32.3 Å². The highest BCUT2D eigenvalue weighted by Gasteiger charge is 2.33. The van der Waals surface area contributed by atoms with Crippen LogP contribution in [0.25, 0.3) is 0 Å². The lowest BCUT2D eigenvalue weighted by atomic mass is 9.75. The molecule has 0 unspecified atom stereocenters. The Labute approximate surface area is 134 Å². The van der Waals surface area contributed by atoms with Gasteiger partial charge in [0.2, 0.25) is 5.91 Å². The molecule has 1 amide bonds. The summed E-state index contributed by atoms with van der Waals surface area (Å²) in [6.45, 7) is 6.09. The quantitative estimate of drug-likeness (QED) is 0.808. The van der Waals surface area contributed by atoms with Crippen molar-refractivity contribution in [2.75, 3.05) is 20.1 Å². The van der Waals surface area contributed by atoms with E-state index < -0.39 is 0 Å². The lowest BCUT2D eigenvalue weighted by molar-refractivity contribution is -0.136. The lowest BCUT2D eigenvalue weighted by Gasteiger charge is -2.39. The van der Waals surface area contributed by atoms with Crippen molar-refractivity contribution in [3.8, 4) is 0 Å². The number of likely N-dealkylation sites (N-methyl/N-ethyl adjacent to an activating group) is 1. The molecule has 122 valence electrons. The number of amides is 1. The molecule has 0 spiro atoms. The van der Waals surface area contributed by atoms with Gasteiger partial charge in [0.1, 0.15) is 0 Å². The molecule has 2 aliphatic rings. The van der Waals surface area contributed by atoms with Gasteiger partial charge in [-0.2, -0.15) is 0 Å². The second-order valence-electron chi connectivity index (χ2n) is 7.19. The Morgan fingerprint density at radius 1 is 1.05 bits per heavy atom. The summed E-state index contributed by atoms with van der Waals surface area (Å²) in [7, 11) is 1.89. The average Bonchev–Trinajstić information content (AvgIpc) is 2.48. The zero-order valence-electron chi connectivity index (χ0n) is 13.8. The van der Waals surface area contributed by atoms with Crippen molar-refractivity contribution in [3.05, 3.63) is 0 Å². The molecule has 1 N–H and O–H groups in total. The molecule has 1 aliphatic heterocycles. The first-order valence-corrected chi connectivity index (χ1v) is 9.06. The van der Waals surface area contributed by atoms with Crippen LogP contribution < -0.4 is 5.32 Å². The summed E-state index contributed by atoms with van der Waals surface area (Å²) in [5.74, 6) is 2.29. The fourth-order valence-electron chi connectivity index (χ4n) is 4.08. The van der Waals surface area contributed by atoms with E-state index >= 15 is 0 Å². The highest BCUT2D eigenvalue weighted by atomic mass is 35.5. The largest absolute Gasteiger partial charge is 0.341 e. The Morgan fingerprint density at radius 2 is 1.57 bits per heavy atom. The maximum atomic E-state index is 12.5. The summed E-state index contributed by atoms with van der Waals surface area (Å²) >= 11 is 6.21. The van der Waals surface area contributed by atoms with Crippen LogP contribution in [-0.2, 0) is 4.79 Å². The highest BCUT2D eigenvalue weighted by molar-refractivity contribution is 6.20. The van der Waals surface area contributed by atoms with Crippen molar-refractivity contribution in [2.24, 2.45) is 17.8 Å². The van der Waals surface area contributed by atoms with E-state index in [9.17, 15) is 4.79 Å². The molecule has 0 aromatic rings. The summed E-state index contributed by atoms with van der Waals surface area (Å²) in [5.41, 5.74) is 0. The molecule has 0 bridgehead atoms. The molecule has 21 heavy (non-hydrogen) atoms. The van der Waals surface area contributed by atoms with E-state index in [0.29, 0.717) is 11.3 Å². The van der Waals surface area contributed by atoms with E-state index in [1.807, 2.05) is 7.05 Å². The smallest absolute Gasteiger partial charge is 0.239 e. The van der Waals surface area contributed by atoms with Crippen LogP contribution in [0, 0.1) is 17.8 Å². The summed E-state index contributed by atoms with van der Waals surface area (Å²) in [4.78, 5) is 14.6. The molecular formula is C17H31ClN2O. The van der Waals surface area contributed by atoms with Crippen LogP contribution in [0.5, 0.6) is 0 Å². The molecule has 1 saturated heterocycles. The number of likely N-dealkylation sites (tertiary alicyclic amines) is 1. The fraction of sp³-hybridized carbons (Fsp3) is 0.941. The zero-order chi connectivity index (χ0) is 15.4. The number of carbonyl (C=O) groups is 1. The number of nitrogens with zero attached hydrogens (tertiary/aromatic N) is 1. The molecular weight excluding hydrogens is 284 g/mol. The van der Waals surface area contributed by atoms with Gasteiger partial charge in [0, 0.05) is 18.5 Å². The number of piperidine rings is 1. The minimum absolute atomic E-state index is 0.0340. The predicted molar refractivity (Wildman–Crippen MR) is 88.6 cm³/mol. The molecule has 2 rings (SSSR count). The first kappa shape index (κ1) is 17.1. The number of hydrogen-bond donors (Lipinski definition) is 1. The number of carbonyl (C=O) groups excluding carboxylic acids is 1. The minimum Gasteiger partial charge on any atom is -0.341 e. The van der Waals surface area contributed by atoms with E-state index in [4.69, 9.17) is 11.6 Å². The molecule has 0 radical (unpaired) electrons. The summed E-state index contributed by atoms with van der Waals surface area (Å²) < 4.78 is 0. The molecule has 1 saturated carbocycles. The fourth-order valence-corrected chi connectivity index (χ4v) is 4.33. The number of halogens is 1. The summed E-state index contributed by atoms with van der Waals surface area (Å²) in [6, 6.07) is -0.0340. The second kappa shape index (κ2) is 7.82. The third-order valence-corrected chi connectivity index (χ3v) is 5.90. The predicted octanol–water partition coefficient (Wildman–Crippen LogP) is 3.27. The normalized spacial score (nSPS) is 29.7. The average molecular weight is 315 g/mol. The molecule has 4 heteroatoms. The third-order valence-electron chi connectivity index (χ3n) is 5.46. The Morgan fingerprint density at radius 3 is 2.05 bits per heavy atom. The van der Waals surface area contributed by atoms with Crippen LogP contribution in [0.2, 0.25) is 0 Å². The summed E-state index contributed by atoms with van der Waals surface area (Å²) in [6.07, 6.45) is 7.30. The number of hydrogen-bond acceptors (Lipinski definition) is 2. The maximum Gasteiger partial charge on any atom is 0.239 e. The maximum absolute atomic E-state index is 12.5. The number of alkyl halides is 1. The number of rotatable bonds is 4. The van der Waals surface area contributed by atoms with Gasteiger partial charge in [-0.3, -0.25) is 4.79 Å². The Kier molecular flexibility index (Phi) is 6.36. The molecule has 0 aromatic carbocycles. The van der Waals surface area contributed by atoms with Crippen molar-refractivity contribution in [2.45, 2.75) is 63.8 Å². The monoisotopic (exact) mass is 314 g/mol. The van der Waals surface area contributed by atoms with Gasteiger partial charge in [-0.1, -0.05) is 13.8 Å². The van der Waals surface area contributed by atoms with Gasteiger partial charge < -0.3 is 10.2 Å². The van der Waals surface area contributed by atoms with Gasteiger partial charge in [0.15, 0.2) is 0 Å². The van der Waals surface area contributed by atoms with E-state index in [-0.39, 0.29) is 11.9 Å². The molecule has 1 atom stereocenters. The van der Waals surface area contributed by atoms with Crippen molar-refractivity contribution < 1.29 is 4.79 Å². The van der Waals surface area contributed by atoms with E-state index in [1.54, 1.807) is 0 Å². The number of nitrogens with one attached hydrogen (secondary N) is 1. The van der Waals surface area contributed by atoms with Crippen molar-refractivity contribution in [3.63, 3.8) is 0 Å². The van der Waals surface area contributed by atoms with Gasteiger partial charge in [0.25, 0.3) is 0 Å². The Hall–Kier alpha value is -0.280. The Bertz CT molecular complexity index is 332. The van der Waals surface area contributed by atoms with Crippen LogP contribution in [-0.4, -0.2) is 42.4 Å². The van der Waals surface area contributed by atoms with E-state index in [0.717, 1.165) is 24.9 Å². The van der Waals surface area contributed by atoms with Gasteiger partial charge in [-0.15, -0.1) is 11.6 Å². The van der Waals surface area contributed by atoms with Crippen molar-refractivity contribution >= 4 is 17.5 Å². The molecule has 3 nitrogen and oxygen atoms in total. The van der Waals surface area contributed by atoms with Crippen LogP contribution in [0.4, 0.5) is 0 Å². The Balaban J connectivity index is 1.81. The van der Waals surface area contributed by atoms with Crippen LogP contribution in [0.3, 0.4) is 0 Å². The van der Waals surface area contributed by atoms with Gasteiger partial charge >= 0.3 is 0 Å². The van der Waals surface area contributed by atoms with Gasteiger partial charge in [-0.25, -0.2) is 0 Å². The SMILES string of the molecule is CN[C@@H](C(=O)N1CCC(C2CCC(Cl)CC2)CC1)C(C)C. The first-order valence-electron chi connectivity index (χ1n) is 8.63. The van der Waals surface area contributed by atoms with Crippen LogP contribution in [0.1, 0.15) is 52.4 Å². The lowest BCUT2D eigenvalue weighted by Crippen LogP contribution is -2.51. The highest BCUT2D eigenvalue weighted by Crippen LogP contribution is 2.37. The van der Waals surface area contributed by atoms with Gasteiger partial charge in [-0.05, 0) is 63.3 Å². The zero-order valence-corrected chi connectivity index (χ0v) is 14.5. The molecule has 1 aliphatic carbocycles. The molecule has 0 aromatic heterocycles. The van der Waals surface area contributed by atoms with E-state index in [1.165, 1.54) is 38.5 Å². The van der Waals surface area contributed by atoms with Gasteiger partial charge in [0.05, 0.1) is 6.04 Å². The summed E-state index contributed by atoms with van der Waals surface area (Å²) in [5, 5.41) is 3.58. The molecule has 1 heterocycles. The third kappa shape index (κ3) is 4.35. The van der Waals surface area contributed by atoms with Crippen LogP contribution >= 0.6 is 11.6 Å². The second-order valence-corrected chi connectivity index (χ2v) is 7.80.